The molecule has 1 aromatic carbocycles. The molecule has 1 fully saturated rings. The van der Waals surface area contributed by atoms with Gasteiger partial charge in [-0.3, -0.25) is 0 Å². The molecule has 3 nitrogen and oxygen atoms in total. The van der Waals surface area contributed by atoms with E-state index in [1.807, 2.05) is 12.1 Å². The fourth-order valence-electron chi connectivity index (χ4n) is 2.91. The van der Waals surface area contributed by atoms with Gasteiger partial charge in [-0.25, -0.2) is 0 Å². The van der Waals surface area contributed by atoms with E-state index < -0.39 is 0 Å². The van der Waals surface area contributed by atoms with Gasteiger partial charge >= 0.3 is 0 Å². The van der Waals surface area contributed by atoms with E-state index in [0.717, 1.165) is 18.7 Å². The van der Waals surface area contributed by atoms with Gasteiger partial charge in [0.25, 0.3) is 0 Å². The second kappa shape index (κ2) is 7.04. The number of hydrogen-bond acceptors (Lipinski definition) is 2. The molecule has 4 heteroatoms. The molecule has 0 heterocycles. The van der Waals surface area contributed by atoms with Crippen LogP contribution in [0.15, 0.2) is 24.3 Å². The lowest BCUT2D eigenvalue weighted by molar-refractivity contribution is 0.163. The summed E-state index contributed by atoms with van der Waals surface area (Å²) in [5.74, 6) is 0. The van der Waals surface area contributed by atoms with Crippen molar-refractivity contribution in [3.8, 4) is 0 Å². The first kappa shape index (κ1) is 15.3. The van der Waals surface area contributed by atoms with E-state index in [-0.39, 0.29) is 5.54 Å². The first-order valence-electron chi connectivity index (χ1n) is 7.28. The summed E-state index contributed by atoms with van der Waals surface area (Å²) >= 11 is 5.48. The zero-order valence-corrected chi connectivity index (χ0v) is 13.2. The number of rotatable bonds is 5. The fraction of sp³-hybridized carbons (Fsp3) is 0.562. The molecular weight excluding hydrogens is 268 g/mol. The molecule has 0 spiro atoms. The van der Waals surface area contributed by atoms with Crippen molar-refractivity contribution in [2.75, 3.05) is 19.0 Å². The van der Waals surface area contributed by atoms with Crippen LogP contribution in [-0.2, 0) is 4.74 Å². The Morgan fingerprint density at radius 2 is 2.10 bits per heavy atom. The van der Waals surface area contributed by atoms with Crippen LogP contribution in [0.3, 0.4) is 0 Å². The molecule has 0 amide bonds. The minimum Gasteiger partial charge on any atom is -0.385 e. The van der Waals surface area contributed by atoms with Gasteiger partial charge in [0, 0.05) is 24.9 Å². The second-order valence-electron chi connectivity index (χ2n) is 5.68. The fourth-order valence-corrected chi connectivity index (χ4v) is 3.25. The summed E-state index contributed by atoms with van der Waals surface area (Å²) in [6.07, 6.45) is 5.89. The molecule has 0 saturated heterocycles. The third kappa shape index (κ3) is 4.18. The molecule has 2 rings (SSSR count). The zero-order valence-electron chi connectivity index (χ0n) is 12.4. The third-order valence-corrected chi connectivity index (χ3v) is 4.20. The lowest BCUT2D eigenvalue weighted by Gasteiger charge is -2.31. The number of hydrogen-bond donors (Lipinski definition) is 2. The van der Waals surface area contributed by atoms with Crippen LogP contribution in [0.1, 0.15) is 37.7 Å². The van der Waals surface area contributed by atoms with Crippen LogP contribution in [-0.4, -0.2) is 24.4 Å². The van der Waals surface area contributed by atoms with Crippen molar-refractivity contribution in [3.63, 3.8) is 0 Å². The molecule has 20 heavy (non-hydrogen) atoms. The van der Waals surface area contributed by atoms with Gasteiger partial charge in [-0.1, -0.05) is 25.0 Å². The maximum atomic E-state index is 5.48. The summed E-state index contributed by atoms with van der Waals surface area (Å²) in [7, 11) is 1.76. The molecule has 1 aromatic rings. The average Bonchev–Trinajstić information content (AvgIpc) is 2.85. The standard InChI is InChI=1S/C16H24N2OS/c1-13-6-5-7-14(12-13)17-15(20)18-16(10-11-19-2)8-3-4-9-16/h5-7,12H,3-4,8-11H2,1-2H3,(H2,17,18,20). The maximum Gasteiger partial charge on any atom is 0.171 e. The number of anilines is 1. The monoisotopic (exact) mass is 292 g/mol. The highest BCUT2D eigenvalue weighted by Crippen LogP contribution is 2.32. The summed E-state index contributed by atoms with van der Waals surface area (Å²) < 4.78 is 5.24. The minimum absolute atomic E-state index is 0.115. The van der Waals surface area contributed by atoms with Gasteiger partial charge in [0.15, 0.2) is 5.11 Å². The number of methoxy groups -OCH3 is 1. The molecule has 0 bridgehead atoms. The van der Waals surface area contributed by atoms with Crippen molar-refractivity contribution in [2.24, 2.45) is 0 Å². The van der Waals surface area contributed by atoms with Gasteiger partial charge in [-0.2, -0.15) is 0 Å². The molecule has 2 N–H and O–H groups in total. The molecular formula is C16H24N2OS. The van der Waals surface area contributed by atoms with Gasteiger partial charge in [0.2, 0.25) is 0 Å². The van der Waals surface area contributed by atoms with Crippen molar-refractivity contribution in [1.82, 2.24) is 5.32 Å². The van der Waals surface area contributed by atoms with Crippen LogP contribution >= 0.6 is 12.2 Å². The third-order valence-electron chi connectivity index (χ3n) is 4.00. The van der Waals surface area contributed by atoms with Crippen LogP contribution < -0.4 is 10.6 Å². The van der Waals surface area contributed by atoms with Gasteiger partial charge in [-0.15, -0.1) is 0 Å². The van der Waals surface area contributed by atoms with Gasteiger partial charge in [-0.05, 0) is 56.1 Å². The molecule has 0 unspecified atom stereocenters. The van der Waals surface area contributed by atoms with E-state index >= 15 is 0 Å². The van der Waals surface area contributed by atoms with Crippen molar-refractivity contribution in [3.05, 3.63) is 29.8 Å². The first-order chi connectivity index (χ1) is 9.63. The summed E-state index contributed by atoms with van der Waals surface area (Å²) in [6, 6.07) is 8.26. The Kier molecular flexibility index (Phi) is 5.38. The molecule has 110 valence electrons. The Morgan fingerprint density at radius 1 is 1.35 bits per heavy atom. The predicted octanol–water partition coefficient (Wildman–Crippen LogP) is 3.63. The summed E-state index contributed by atoms with van der Waals surface area (Å²) in [6.45, 7) is 2.86. The Labute approximate surface area is 127 Å². The summed E-state index contributed by atoms with van der Waals surface area (Å²) in [5, 5.41) is 7.54. The Bertz CT molecular complexity index is 456. The molecule has 1 aliphatic rings. The SMILES string of the molecule is COCCC1(NC(=S)Nc2cccc(C)c2)CCCC1. The van der Waals surface area contributed by atoms with E-state index in [4.69, 9.17) is 17.0 Å². The van der Waals surface area contributed by atoms with Crippen LogP contribution in [0.4, 0.5) is 5.69 Å². The Hall–Kier alpha value is -1.13. The first-order valence-corrected chi connectivity index (χ1v) is 7.69. The van der Waals surface area contributed by atoms with E-state index in [1.54, 1.807) is 7.11 Å². The molecule has 1 saturated carbocycles. The largest absolute Gasteiger partial charge is 0.385 e. The lowest BCUT2D eigenvalue weighted by atomic mass is 9.94. The minimum atomic E-state index is 0.115. The summed E-state index contributed by atoms with van der Waals surface area (Å²) in [5.41, 5.74) is 2.39. The average molecular weight is 292 g/mol. The highest BCUT2D eigenvalue weighted by atomic mass is 32.1. The van der Waals surface area contributed by atoms with E-state index in [1.165, 1.54) is 31.2 Å². The van der Waals surface area contributed by atoms with Crippen molar-refractivity contribution < 1.29 is 4.74 Å². The predicted molar refractivity (Wildman–Crippen MR) is 88.2 cm³/mol. The highest BCUT2D eigenvalue weighted by molar-refractivity contribution is 7.80. The number of aryl methyl sites for hydroxylation is 1. The van der Waals surface area contributed by atoms with E-state index in [2.05, 4.69) is 29.7 Å². The second-order valence-corrected chi connectivity index (χ2v) is 6.09. The number of benzene rings is 1. The van der Waals surface area contributed by atoms with E-state index in [0.29, 0.717) is 5.11 Å². The quantitative estimate of drug-likeness (QED) is 0.812. The van der Waals surface area contributed by atoms with Gasteiger partial charge in [0.1, 0.15) is 0 Å². The maximum absolute atomic E-state index is 5.48. The van der Waals surface area contributed by atoms with E-state index in [9.17, 15) is 0 Å². The molecule has 0 aliphatic heterocycles. The van der Waals surface area contributed by atoms with Crippen molar-refractivity contribution in [2.45, 2.75) is 44.6 Å². The normalized spacial score (nSPS) is 16.9. The van der Waals surface area contributed by atoms with Gasteiger partial charge < -0.3 is 15.4 Å². The van der Waals surface area contributed by atoms with Crippen LogP contribution in [0.2, 0.25) is 0 Å². The smallest absolute Gasteiger partial charge is 0.171 e. The number of nitrogens with one attached hydrogen (secondary N) is 2. The lowest BCUT2D eigenvalue weighted by Crippen LogP contribution is -2.48. The molecule has 1 aliphatic carbocycles. The topological polar surface area (TPSA) is 33.3 Å². The Morgan fingerprint density at radius 3 is 2.75 bits per heavy atom. The zero-order chi connectivity index (χ0) is 14.4. The van der Waals surface area contributed by atoms with Gasteiger partial charge in [0.05, 0.1) is 0 Å². The van der Waals surface area contributed by atoms with Crippen LogP contribution in [0.5, 0.6) is 0 Å². The molecule has 0 atom stereocenters. The summed E-state index contributed by atoms with van der Waals surface area (Å²) in [4.78, 5) is 0. The molecule has 0 radical (unpaired) electrons. The number of thiocarbonyl (C=S) groups is 1. The molecule has 0 aromatic heterocycles. The number of ether oxygens (including phenoxy) is 1. The van der Waals surface area contributed by atoms with Crippen molar-refractivity contribution in [1.29, 1.82) is 0 Å². The van der Waals surface area contributed by atoms with Crippen molar-refractivity contribution >= 4 is 23.0 Å². The van der Waals surface area contributed by atoms with Crippen LogP contribution in [0.25, 0.3) is 0 Å². The Balaban J connectivity index is 1.94. The van der Waals surface area contributed by atoms with Crippen LogP contribution in [0, 0.1) is 6.92 Å². The highest BCUT2D eigenvalue weighted by Gasteiger charge is 2.33.